The Morgan fingerprint density at radius 3 is 2.50 bits per heavy atom. The fraction of sp³-hybridized carbons (Fsp3) is 0.400. The van der Waals surface area contributed by atoms with Crippen molar-refractivity contribution in [1.29, 1.82) is 0 Å². The van der Waals surface area contributed by atoms with Gasteiger partial charge in [0, 0.05) is 0 Å². The van der Waals surface area contributed by atoms with Gasteiger partial charge in [0.15, 0.2) is 0 Å². The zero-order valence-electron chi connectivity index (χ0n) is 4.31. The van der Waals surface area contributed by atoms with Gasteiger partial charge in [0.05, 0.1) is 13.5 Å². The first-order chi connectivity index (χ1) is 3.31. The Hall–Kier alpha value is 0.210. The van der Waals surface area contributed by atoms with Gasteiger partial charge in [-0.2, -0.15) is 0 Å². The van der Waals surface area contributed by atoms with E-state index in [0.717, 1.165) is 0 Å². The molecule has 2 nitrogen and oxygen atoms in total. The third-order valence-corrected chi connectivity index (χ3v) is 0.539. The zero-order valence-corrected chi connectivity index (χ0v) is 4.31. The first-order valence-corrected chi connectivity index (χ1v) is 1.99. The SMILES string of the molecule is C=CCC(=O)OC.[NaH]. The monoisotopic (exact) mass is 124 g/mol. The van der Waals surface area contributed by atoms with E-state index in [1.165, 1.54) is 13.2 Å². The van der Waals surface area contributed by atoms with Crippen molar-refractivity contribution in [2.45, 2.75) is 6.42 Å². The molecule has 0 aromatic rings. The molecule has 0 aliphatic rings. The number of ether oxygens (including phenoxy) is 1. The third kappa shape index (κ3) is 6.21. The van der Waals surface area contributed by atoms with Gasteiger partial charge in [0.2, 0.25) is 0 Å². The standard InChI is InChI=1S/C5H8O2.Na.H/c1-3-4-5(6)7-2;;/h3H,1,4H2,2H3;;. The van der Waals surface area contributed by atoms with Crippen molar-refractivity contribution in [3.05, 3.63) is 12.7 Å². The fourth-order valence-electron chi connectivity index (χ4n) is 0.201. The van der Waals surface area contributed by atoms with Gasteiger partial charge in [-0.25, -0.2) is 0 Å². The molecule has 0 rings (SSSR count). The van der Waals surface area contributed by atoms with E-state index < -0.39 is 0 Å². The van der Waals surface area contributed by atoms with Crippen LogP contribution in [0.3, 0.4) is 0 Å². The van der Waals surface area contributed by atoms with Crippen LogP contribution in [0.4, 0.5) is 0 Å². The molecule has 3 heteroatoms. The normalized spacial score (nSPS) is 6.62. The van der Waals surface area contributed by atoms with Crippen molar-refractivity contribution in [3.63, 3.8) is 0 Å². The number of rotatable bonds is 2. The summed E-state index contributed by atoms with van der Waals surface area (Å²) in [4.78, 5) is 10.1. The Kier molecular flexibility index (Phi) is 9.97. The van der Waals surface area contributed by atoms with Crippen LogP contribution in [0.2, 0.25) is 0 Å². The molecule has 0 N–H and O–H groups in total. The topological polar surface area (TPSA) is 26.3 Å². The van der Waals surface area contributed by atoms with E-state index in [4.69, 9.17) is 0 Å². The summed E-state index contributed by atoms with van der Waals surface area (Å²) in [5.74, 6) is -0.241. The maximum atomic E-state index is 10.1. The van der Waals surface area contributed by atoms with Gasteiger partial charge in [-0.05, 0) is 0 Å². The van der Waals surface area contributed by atoms with E-state index in [1.54, 1.807) is 0 Å². The Morgan fingerprint density at radius 1 is 1.88 bits per heavy atom. The van der Waals surface area contributed by atoms with Crippen LogP contribution in [0.5, 0.6) is 0 Å². The van der Waals surface area contributed by atoms with Crippen LogP contribution in [-0.2, 0) is 9.53 Å². The second kappa shape index (κ2) is 7.21. The van der Waals surface area contributed by atoms with Crippen LogP contribution in [0, 0.1) is 0 Å². The summed E-state index contributed by atoms with van der Waals surface area (Å²) in [6.07, 6.45) is 1.81. The van der Waals surface area contributed by atoms with E-state index in [1.807, 2.05) is 0 Å². The molecule has 0 aliphatic carbocycles. The Balaban J connectivity index is 0. The molecule has 0 aliphatic heterocycles. The van der Waals surface area contributed by atoms with Gasteiger partial charge in [-0.15, -0.1) is 6.58 Å². The number of esters is 1. The predicted molar refractivity (Wildman–Crippen MR) is 34.0 cm³/mol. The van der Waals surface area contributed by atoms with Crippen LogP contribution < -0.4 is 0 Å². The van der Waals surface area contributed by atoms with Crippen molar-refractivity contribution in [2.75, 3.05) is 7.11 Å². The molecular weight excluding hydrogens is 115 g/mol. The second-order valence-corrected chi connectivity index (χ2v) is 1.07. The van der Waals surface area contributed by atoms with Gasteiger partial charge >= 0.3 is 35.5 Å². The Labute approximate surface area is 71.2 Å². The van der Waals surface area contributed by atoms with Crippen LogP contribution >= 0.6 is 0 Å². The molecule has 0 atom stereocenters. The maximum absolute atomic E-state index is 10.1. The molecule has 0 heterocycles. The van der Waals surface area contributed by atoms with Crippen molar-refractivity contribution in [1.82, 2.24) is 0 Å². The molecular formula is C5H9NaO2. The molecule has 8 heavy (non-hydrogen) atoms. The molecule has 0 spiro atoms. The van der Waals surface area contributed by atoms with Gasteiger partial charge < -0.3 is 4.74 Å². The second-order valence-electron chi connectivity index (χ2n) is 1.07. The molecule has 0 saturated carbocycles. The molecule has 0 saturated heterocycles. The molecule has 0 fully saturated rings. The minimum absolute atomic E-state index is 0. The molecule has 0 radical (unpaired) electrons. The summed E-state index contributed by atoms with van der Waals surface area (Å²) < 4.78 is 4.28. The zero-order chi connectivity index (χ0) is 5.70. The van der Waals surface area contributed by atoms with Crippen LogP contribution in [0.1, 0.15) is 6.42 Å². The van der Waals surface area contributed by atoms with Crippen molar-refractivity contribution in [3.8, 4) is 0 Å². The summed E-state index contributed by atoms with van der Waals surface area (Å²) in [6.45, 7) is 3.35. The Bertz CT molecular complexity index is 80.5. The van der Waals surface area contributed by atoms with E-state index in [-0.39, 0.29) is 35.5 Å². The van der Waals surface area contributed by atoms with Gasteiger partial charge in [0.25, 0.3) is 0 Å². The molecule has 0 bridgehead atoms. The van der Waals surface area contributed by atoms with E-state index in [0.29, 0.717) is 6.42 Å². The van der Waals surface area contributed by atoms with Crippen LogP contribution in [0.25, 0.3) is 0 Å². The number of hydrogen-bond donors (Lipinski definition) is 0. The van der Waals surface area contributed by atoms with Gasteiger partial charge in [-0.1, -0.05) is 6.08 Å². The molecule has 0 aromatic heterocycles. The summed E-state index contributed by atoms with van der Waals surface area (Å²) in [5.41, 5.74) is 0. The van der Waals surface area contributed by atoms with Crippen molar-refractivity contribution < 1.29 is 9.53 Å². The summed E-state index contributed by atoms with van der Waals surface area (Å²) >= 11 is 0. The number of methoxy groups -OCH3 is 1. The van der Waals surface area contributed by atoms with Gasteiger partial charge in [-0.3, -0.25) is 4.79 Å². The fourth-order valence-corrected chi connectivity index (χ4v) is 0.201. The molecule has 42 valence electrons. The third-order valence-electron chi connectivity index (χ3n) is 0.539. The summed E-state index contributed by atoms with van der Waals surface area (Å²) in [7, 11) is 1.35. The average Bonchev–Trinajstić information content (AvgIpc) is 1.68. The predicted octanol–water partition coefficient (Wildman–Crippen LogP) is 0.0870. The summed E-state index contributed by atoms with van der Waals surface area (Å²) in [6, 6.07) is 0. The first kappa shape index (κ1) is 11.1. The van der Waals surface area contributed by atoms with Crippen LogP contribution in [0.15, 0.2) is 12.7 Å². The van der Waals surface area contributed by atoms with Gasteiger partial charge in [0.1, 0.15) is 0 Å². The first-order valence-electron chi connectivity index (χ1n) is 1.99. The van der Waals surface area contributed by atoms with E-state index in [2.05, 4.69) is 11.3 Å². The molecule has 0 unspecified atom stereocenters. The van der Waals surface area contributed by atoms with E-state index in [9.17, 15) is 4.79 Å². The van der Waals surface area contributed by atoms with Crippen molar-refractivity contribution >= 4 is 35.5 Å². The number of hydrogen-bond acceptors (Lipinski definition) is 2. The summed E-state index contributed by atoms with van der Waals surface area (Å²) in [5, 5.41) is 0. The number of carbonyl (C=O) groups is 1. The number of carbonyl (C=O) groups excluding carboxylic acids is 1. The van der Waals surface area contributed by atoms with Crippen LogP contribution in [-0.4, -0.2) is 42.6 Å². The average molecular weight is 124 g/mol. The quantitative estimate of drug-likeness (QED) is 0.296. The minimum atomic E-state index is -0.241. The Morgan fingerprint density at radius 2 is 2.38 bits per heavy atom. The van der Waals surface area contributed by atoms with E-state index >= 15 is 0 Å². The molecule has 0 aromatic carbocycles. The molecule has 0 amide bonds. The van der Waals surface area contributed by atoms with Crippen molar-refractivity contribution in [2.24, 2.45) is 0 Å².